The summed E-state index contributed by atoms with van der Waals surface area (Å²) >= 11 is 0. The number of amides is 1. The molecule has 0 aliphatic heterocycles. The van der Waals surface area contributed by atoms with Gasteiger partial charge in [0.05, 0.1) is 18.7 Å². The number of aryl methyl sites for hydroxylation is 2. The molecule has 0 fully saturated rings. The average molecular weight is 321 g/mol. The molecule has 3 rings (SSSR count). The number of H-pyrrole nitrogens is 1. The molecule has 2 N–H and O–H groups in total. The summed E-state index contributed by atoms with van der Waals surface area (Å²) in [6, 6.07) is 11.2. The number of rotatable bonds is 4. The molecule has 0 unspecified atom stereocenters. The molecular weight excluding hydrogens is 302 g/mol. The summed E-state index contributed by atoms with van der Waals surface area (Å²) < 4.78 is 0. The number of carbonyl (C=O) groups is 1. The second kappa shape index (κ2) is 6.66. The number of pyridine rings is 2. The zero-order chi connectivity index (χ0) is 17.1. The van der Waals surface area contributed by atoms with Crippen molar-refractivity contribution in [3.05, 3.63) is 75.5 Å². The Morgan fingerprint density at radius 1 is 1.21 bits per heavy atom. The smallest absolute Gasteiger partial charge is 0.256 e. The van der Waals surface area contributed by atoms with Crippen molar-refractivity contribution in [2.24, 2.45) is 0 Å². The van der Waals surface area contributed by atoms with E-state index in [1.165, 1.54) is 0 Å². The number of aromatic nitrogens is 2. The monoisotopic (exact) mass is 321 g/mol. The number of hydrogen-bond donors (Lipinski definition) is 2. The van der Waals surface area contributed by atoms with E-state index in [4.69, 9.17) is 0 Å². The third kappa shape index (κ3) is 3.51. The van der Waals surface area contributed by atoms with Crippen LogP contribution in [0, 0.1) is 13.8 Å². The van der Waals surface area contributed by atoms with E-state index in [9.17, 15) is 9.59 Å². The van der Waals surface area contributed by atoms with Crippen LogP contribution in [0.4, 0.5) is 0 Å². The molecule has 1 amide bonds. The van der Waals surface area contributed by atoms with Gasteiger partial charge in [0.2, 0.25) is 5.91 Å². The molecule has 3 aromatic rings. The number of benzene rings is 1. The van der Waals surface area contributed by atoms with Gasteiger partial charge in [-0.05, 0) is 42.5 Å². The van der Waals surface area contributed by atoms with Crippen molar-refractivity contribution in [3.63, 3.8) is 0 Å². The summed E-state index contributed by atoms with van der Waals surface area (Å²) in [7, 11) is 0. The van der Waals surface area contributed by atoms with Crippen LogP contribution in [-0.4, -0.2) is 15.9 Å². The largest absolute Gasteiger partial charge is 0.350 e. The van der Waals surface area contributed by atoms with Crippen molar-refractivity contribution in [1.82, 2.24) is 15.3 Å². The summed E-state index contributed by atoms with van der Waals surface area (Å²) in [5, 5.41) is 4.31. The van der Waals surface area contributed by atoms with Gasteiger partial charge in [-0.25, -0.2) is 0 Å². The normalized spacial score (nSPS) is 10.8. The van der Waals surface area contributed by atoms with Gasteiger partial charge in [-0.1, -0.05) is 24.3 Å². The predicted molar refractivity (Wildman–Crippen MR) is 93.8 cm³/mol. The maximum atomic E-state index is 12.2. The maximum absolute atomic E-state index is 12.2. The molecule has 2 aromatic heterocycles. The lowest BCUT2D eigenvalue weighted by atomic mass is 10.1. The summed E-state index contributed by atoms with van der Waals surface area (Å²) in [4.78, 5) is 31.3. The number of aromatic amines is 1. The van der Waals surface area contributed by atoms with E-state index in [0.717, 1.165) is 22.2 Å². The van der Waals surface area contributed by atoms with Crippen molar-refractivity contribution in [2.45, 2.75) is 26.8 Å². The molecule has 0 atom stereocenters. The van der Waals surface area contributed by atoms with Gasteiger partial charge >= 0.3 is 0 Å². The first-order valence-electron chi connectivity index (χ1n) is 7.82. The Hall–Kier alpha value is -2.95. The highest BCUT2D eigenvalue weighted by atomic mass is 16.1. The third-order valence-electron chi connectivity index (χ3n) is 3.94. The molecule has 5 heteroatoms. The van der Waals surface area contributed by atoms with Gasteiger partial charge in [-0.3, -0.25) is 14.6 Å². The summed E-state index contributed by atoms with van der Waals surface area (Å²) in [5.41, 5.74) is 3.42. The molecule has 24 heavy (non-hydrogen) atoms. The lowest BCUT2D eigenvalue weighted by molar-refractivity contribution is -0.120. The minimum Gasteiger partial charge on any atom is -0.350 e. The minimum absolute atomic E-state index is 0.130. The lowest BCUT2D eigenvalue weighted by Crippen LogP contribution is -2.26. The van der Waals surface area contributed by atoms with Crippen LogP contribution in [0.25, 0.3) is 10.8 Å². The Kier molecular flexibility index (Phi) is 4.42. The predicted octanol–water partition coefficient (Wildman–Crippen LogP) is 2.40. The Morgan fingerprint density at radius 3 is 2.79 bits per heavy atom. The Labute approximate surface area is 139 Å². The van der Waals surface area contributed by atoms with Gasteiger partial charge in [0.15, 0.2) is 0 Å². The number of nitrogens with zero attached hydrogens (tertiary/aromatic N) is 1. The highest BCUT2D eigenvalue weighted by Crippen LogP contribution is 2.10. The molecule has 0 spiro atoms. The minimum atomic E-state index is -0.174. The second-order valence-electron chi connectivity index (χ2n) is 5.94. The Morgan fingerprint density at radius 2 is 2.00 bits per heavy atom. The van der Waals surface area contributed by atoms with Crippen LogP contribution < -0.4 is 10.9 Å². The molecule has 0 bridgehead atoms. The number of carbonyl (C=O) groups excluding carboxylic acids is 1. The van der Waals surface area contributed by atoms with E-state index in [1.54, 1.807) is 12.3 Å². The van der Waals surface area contributed by atoms with Gasteiger partial charge in [0, 0.05) is 17.3 Å². The topological polar surface area (TPSA) is 74.8 Å². The first-order chi connectivity index (χ1) is 11.5. The van der Waals surface area contributed by atoms with Crippen LogP contribution >= 0.6 is 0 Å². The molecule has 2 heterocycles. The molecule has 1 aromatic carbocycles. The summed E-state index contributed by atoms with van der Waals surface area (Å²) in [5.74, 6) is -0.150. The lowest BCUT2D eigenvalue weighted by Gasteiger charge is -2.08. The summed E-state index contributed by atoms with van der Waals surface area (Å²) in [6.45, 7) is 4.34. The number of hydrogen-bond acceptors (Lipinski definition) is 3. The van der Waals surface area contributed by atoms with Crippen LogP contribution in [0.15, 0.2) is 47.4 Å². The van der Waals surface area contributed by atoms with Gasteiger partial charge in [-0.2, -0.15) is 0 Å². The molecule has 0 aliphatic rings. The van der Waals surface area contributed by atoms with Crippen molar-refractivity contribution in [1.29, 1.82) is 0 Å². The fourth-order valence-corrected chi connectivity index (χ4v) is 2.71. The standard InChI is InChI=1S/C19H19N3O2/c1-12-7-13(2)17(20-10-12)11-21-18(23)9-15-8-14-5-3-4-6-16(14)19(24)22-15/h3-8,10H,9,11H2,1-2H3,(H,21,23)(H,22,24). The zero-order valence-corrected chi connectivity index (χ0v) is 13.7. The van der Waals surface area contributed by atoms with Crippen LogP contribution in [0.3, 0.4) is 0 Å². The zero-order valence-electron chi connectivity index (χ0n) is 13.7. The van der Waals surface area contributed by atoms with Crippen LogP contribution in [-0.2, 0) is 17.8 Å². The van der Waals surface area contributed by atoms with Crippen molar-refractivity contribution < 1.29 is 4.79 Å². The Balaban J connectivity index is 1.70. The van der Waals surface area contributed by atoms with Crippen LogP contribution in [0.1, 0.15) is 22.5 Å². The van der Waals surface area contributed by atoms with Gasteiger partial charge in [-0.15, -0.1) is 0 Å². The van der Waals surface area contributed by atoms with Crippen LogP contribution in [0.2, 0.25) is 0 Å². The van der Waals surface area contributed by atoms with Crippen molar-refractivity contribution in [2.75, 3.05) is 0 Å². The fraction of sp³-hybridized carbons (Fsp3) is 0.211. The molecule has 0 saturated carbocycles. The number of fused-ring (bicyclic) bond motifs is 1. The third-order valence-corrected chi connectivity index (χ3v) is 3.94. The van der Waals surface area contributed by atoms with E-state index >= 15 is 0 Å². The molecule has 122 valence electrons. The van der Waals surface area contributed by atoms with E-state index in [-0.39, 0.29) is 17.9 Å². The maximum Gasteiger partial charge on any atom is 0.256 e. The average Bonchev–Trinajstić information content (AvgIpc) is 2.54. The van der Waals surface area contributed by atoms with Crippen molar-refractivity contribution in [3.8, 4) is 0 Å². The second-order valence-corrected chi connectivity index (χ2v) is 5.94. The highest BCUT2D eigenvalue weighted by Gasteiger charge is 2.08. The van der Waals surface area contributed by atoms with E-state index in [1.807, 2.05) is 44.2 Å². The van der Waals surface area contributed by atoms with E-state index in [2.05, 4.69) is 15.3 Å². The number of nitrogens with one attached hydrogen (secondary N) is 2. The highest BCUT2D eigenvalue weighted by molar-refractivity contribution is 5.83. The van der Waals surface area contributed by atoms with Gasteiger partial charge in [0.1, 0.15) is 0 Å². The molecule has 5 nitrogen and oxygen atoms in total. The quantitative estimate of drug-likeness (QED) is 0.775. The molecule has 0 radical (unpaired) electrons. The van der Waals surface area contributed by atoms with E-state index in [0.29, 0.717) is 17.6 Å². The SMILES string of the molecule is Cc1cnc(CNC(=O)Cc2cc3ccccc3c(=O)[nH]2)c(C)c1. The van der Waals surface area contributed by atoms with Crippen molar-refractivity contribution >= 4 is 16.7 Å². The fourth-order valence-electron chi connectivity index (χ4n) is 2.71. The first kappa shape index (κ1) is 15.9. The van der Waals surface area contributed by atoms with Gasteiger partial charge < -0.3 is 10.3 Å². The molecule has 0 saturated heterocycles. The summed E-state index contributed by atoms with van der Waals surface area (Å²) in [6.07, 6.45) is 1.92. The molecule has 0 aliphatic carbocycles. The molecular formula is C19H19N3O2. The first-order valence-corrected chi connectivity index (χ1v) is 7.82. The van der Waals surface area contributed by atoms with E-state index < -0.39 is 0 Å². The van der Waals surface area contributed by atoms with Gasteiger partial charge in [0.25, 0.3) is 5.56 Å². The Bertz CT molecular complexity index is 960. The van der Waals surface area contributed by atoms with Crippen LogP contribution in [0.5, 0.6) is 0 Å².